The van der Waals surface area contributed by atoms with Crippen molar-refractivity contribution in [2.45, 2.75) is 122 Å². The fraction of sp³-hybridized carbons (Fsp3) is 0.396. The van der Waals surface area contributed by atoms with Crippen LogP contribution in [0.1, 0.15) is 124 Å². The zero-order valence-corrected chi connectivity index (χ0v) is 39.7. The van der Waals surface area contributed by atoms with Gasteiger partial charge in [0.1, 0.15) is 37.7 Å². The van der Waals surface area contributed by atoms with Crippen molar-refractivity contribution in [2.75, 3.05) is 14.2 Å². The van der Waals surface area contributed by atoms with Crippen LogP contribution in [0.3, 0.4) is 0 Å². The number of nitrogens with zero attached hydrogens (tertiary/aromatic N) is 4. The SMILES string of the molecule is CCCCCCCC1(CCCCCCC)c2cc3ccc2-c2ccc(cc21)C[n+]1cn(c2ccccc21)Cc1cc(OC)c(cc1OC)Cn1c[n+](c2ccccc21)C3.[Br-].[Br-]. The Hall–Kier alpha value is -4.40. The van der Waals surface area contributed by atoms with Crippen LogP contribution >= 0.6 is 0 Å². The average Bonchev–Trinajstić information content (AvgIpc) is 3.87. The molecule has 0 radical (unpaired) electrons. The first-order valence-corrected chi connectivity index (χ1v) is 22.5. The standard InChI is InChI=1S/C53H62N4O2.2BrH/c1-5-7-9-11-17-27-53(28-18-12-10-8-6-2)45-29-39-23-25-43(45)44-26-24-40(30-46(44)53)34-55-38-57(50-22-16-14-20-48(50)55)36-42-31-51(58-3)41(32-52(42)59-4)35-56-37-54(33-39)47-19-13-15-21-49(47)56;;/h13-16,19-26,29-32,37-38H,5-12,17-18,27-28,33-36H2,1-4H3;2*1H/q+2;;/p-2. The summed E-state index contributed by atoms with van der Waals surface area (Å²) in [7, 11) is 3.57. The largest absolute Gasteiger partial charge is 1.00 e. The number of aromatic nitrogens is 4. The normalized spacial score (nSPS) is 13.6. The molecule has 0 fully saturated rings. The summed E-state index contributed by atoms with van der Waals surface area (Å²) in [5.74, 6) is 1.74. The molecular formula is C53H62Br2N4O2. The fourth-order valence-corrected chi connectivity index (χ4v) is 10.5. The molecule has 0 atom stereocenters. The molecule has 2 aliphatic heterocycles. The Kier molecular flexibility index (Phi) is 14.5. The topological polar surface area (TPSA) is 36.1 Å². The third-order valence-corrected chi connectivity index (χ3v) is 13.5. The number of benzene rings is 5. The van der Waals surface area contributed by atoms with Crippen LogP contribution in [0.5, 0.6) is 11.5 Å². The summed E-state index contributed by atoms with van der Waals surface area (Å²) < 4.78 is 21.9. The number of methoxy groups -OCH3 is 2. The van der Waals surface area contributed by atoms with Crippen LogP contribution in [-0.2, 0) is 31.6 Å². The van der Waals surface area contributed by atoms with Gasteiger partial charge >= 0.3 is 0 Å². The molecule has 10 bridgehead atoms. The second-order valence-electron chi connectivity index (χ2n) is 17.4. The number of rotatable bonds is 14. The molecular weight excluding hydrogens is 884 g/mol. The average molecular weight is 947 g/mol. The Bertz CT molecular complexity index is 2430. The highest BCUT2D eigenvalue weighted by Gasteiger charge is 2.43. The molecule has 2 aromatic heterocycles. The van der Waals surface area contributed by atoms with Crippen molar-refractivity contribution < 1.29 is 52.6 Å². The van der Waals surface area contributed by atoms with Crippen molar-refractivity contribution in [2.24, 2.45) is 0 Å². The van der Waals surface area contributed by atoms with E-state index >= 15 is 0 Å². The molecule has 0 saturated carbocycles. The van der Waals surface area contributed by atoms with Crippen molar-refractivity contribution >= 4 is 22.1 Å². The fourth-order valence-electron chi connectivity index (χ4n) is 10.5. The molecule has 61 heavy (non-hydrogen) atoms. The van der Waals surface area contributed by atoms with Crippen molar-refractivity contribution in [1.29, 1.82) is 0 Å². The van der Waals surface area contributed by atoms with Gasteiger partial charge in [-0.3, -0.25) is 0 Å². The number of imidazole rings is 2. The summed E-state index contributed by atoms with van der Waals surface area (Å²) in [6.07, 6.45) is 20.0. The van der Waals surface area contributed by atoms with Gasteiger partial charge < -0.3 is 43.4 Å². The molecule has 1 aliphatic carbocycles. The van der Waals surface area contributed by atoms with Gasteiger partial charge in [-0.05, 0) is 82.6 Å². The van der Waals surface area contributed by atoms with E-state index in [-0.39, 0.29) is 39.4 Å². The smallest absolute Gasteiger partial charge is 0.245 e. The molecule has 7 aromatic rings. The number of para-hydroxylation sites is 4. The third kappa shape index (κ3) is 8.69. The van der Waals surface area contributed by atoms with E-state index in [2.05, 4.69) is 142 Å². The van der Waals surface area contributed by atoms with E-state index in [4.69, 9.17) is 9.47 Å². The van der Waals surface area contributed by atoms with E-state index in [0.29, 0.717) is 13.1 Å². The zero-order valence-electron chi connectivity index (χ0n) is 36.6. The van der Waals surface area contributed by atoms with Crippen molar-refractivity contribution in [3.8, 4) is 22.6 Å². The Morgan fingerprint density at radius 1 is 0.525 bits per heavy atom. The summed E-state index contributed by atoms with van der Waals surface area (Å²) >= 11 is 0. The van der Waals surface area contributed by atoms with E-state index < -0.39 is 0 Å². The lowest BCUT2D eigenvalue weighted by Crippen LogP contribution is -3.00. The molecule has 6 nitrogen and oxygen atoms in total. The lowest BCUT2D eigenvalue weighted by atomic mass is 9.70. The minimum atomic E-state index is 0. The first kappa shape index (κ1) is 44.6. The predicted octanol–water partition coefficient (Wildman–Crippen LogP) is 5.69. The maximum Gasteiger partial charge on any atom is 0.245 e. The number of ether oxygens (including phenoxy) is 2. The second kappa shape index (κ2) is 19.8. The molecule has 0 saturated heterocycles. The monoisotopic (exact) mass is 944 g/mol. The second-order valence-corrected chi connectivity index (χ2v) is 17.4. The van der Waals surface area contributed by atoms with Crippen molar-refractivity contribution in [3.63, 3.8) is 0 Å². The molecule has 0 N–H and O–H groups in total. The van der Waals surface area contributed by atoms with Crippen LogP contribution in [0, 0.1) is 0 Å². The van der Waals surface area contributed by atoms with Gasteiger partial charge in [-0.25, -0.2) is 18.3 Å². The minimum absolute atomic E-state index is 0. The summed E-state index contributed by atoms with van der Waals surface area (Å²) in [5.41, 5.74) is 15.8. The van der Waals surface area contributed by atoms with Crippen LogP contribution in [0.2, 0.25) is 0 Å². The van der Waals surface area contributed by atoms with Gasteiger partial charge in [0.05, 0.1) is 14.2 Å². The van der Waals surface area contributed by atoms with Crippen LogP contribution in [0.15, 0.2) is 110 Å². The highest BCUT2D eigenvalue weighted by atomic mass is 79.9. The summed E-state index contributed by atoms with van der Waals surface area (Å²) in [4.78, 5) is 0. The van der Waals surface area contributed by atoms with Gasteiger partial charge in [0.15, 0.2) is 22.1 Å². The van der Waals surface area contributed by atoms with Gasteiger partial charge in [0, 0.05) is 16.5 Å². The van der Waals surface area contributed by atoms with E-state index in [1.807, 2.05) is 0 Å². The maximum atomic E-state index is 6.13. The number of halogens is 2. The van der Waals surface area contributed by atoms with Gasteiger partial charge in [-0.15, -0.1) is 0 Å². The number of unbranched alkanes of at least 4 members (excludes halogenated alkanes) is 8. The van der Waals surface area contributed by atoms with E-state index in [0.717, 1.165) is 35.7 Å². The Labute approximate surface area is 384 Å². The molecule has 4 heterocycles. The summed E-state index contributed by atoms with van der Waals surface area (Å²) in [5, 5.41) is 0. The molecule has 0 amide bonds. The number of hydrogen-bond acceptors (Lipinski definition) is 2. The van der Waals surface area contributed by atoms with Gasteiger partial charge in [0.25, 0.3) is 0 Å². The zero-order chi connectivity index (χ0) is 40.3. The van der Waals surface area contributed by atoms with E-state index in [9.17, 15) is 0 Å². The quantitative estimate of drug-likeness (QED) is 0.104. The first-order valence-electron chi connectivity index (χ1n) is 22.5. The molecule has 10 rings (SSSR count). The lowest BCUT2D eigenvalue weighted by Gasteiger charge is -2.33. The molecule has 8 heteroatoms. The number of hydrogen-bond donors (Lipinski definition) is 0. The van der Waals surface area contributed by atoms with Crippen LogP contribution in [0.4, 0.5) is 0 Å². The van der Waals surface area contributed by atoms with Crippen LogP contribution in [0.25, 0.3) is 33.2 Å². The molecule has 0 spiro atoms. The Balaban J connectivity index is 0.00000281. The highest BCUT2D eigenvalue weighted by Crippen LogP contribution is 2.55. The van der Waals surface area contributed by atoms with Crippen LogP contribution in [-0.4, -0.2) is 23.4 Å². The molecule has 320 valence electrons. The number of fused-ring (bicyclic) bond motifs is 5. The maximum absolute atomic E-state index is 6.13. The lowest BCUT2D eigenvalue weighted by molar-refractivity contribution is -0.663. The van der Waals surface area contributed by atoms with E-state index in [1.54, 1.807) is 25.3 Å². The van der Waals surface area contributed by atoms with Gasteiger partial charge in [0.2, 0.25) is 12.7 Å². The first-order chi connectivity index (χ1) is 29.0. The molecule has 0 unspecified atom stereocenters. The third-order valence-electron chi connectivity index (χ3n) is 13.5. The Morgan fingerprint density at radius 3 is 1.38 bits per heavy atom. The van der Waals surface area contributed by atoms with Gasteiger partial charge in [-0.1, -0.05) is 139 Å². The summed E-state index contributed by atoms with van der Waals surface area (Å²) in [6, 6.07) is 37.0. The summed E-state index contributed by atoms with van der Waals surface area (Å²) in [6.45, 7) is 7.61. The Morgan fingerprint density at radius 2 is 0.951 bits per heavy atom. The predicted molar refractivity (Wildman–Crippen MR) is 240 cm³/mol. The van der Waals surface area contributed by atoms with Crippen molar-refractivity contribution in [1.82, 2.24) is 9.13 Å². The van der Waals surface area contributed by atoms with E-state index in [1.165, 1.54) is 121 Å². The van der Waals surface area contributed by atoms with Crippen LogP contribution < -0.4 is 52.6 Å². The van der Waals surface area contributed by atoms with Crippen molar-refractivity contribution in [3.05, 3.63) is 143 Å². The van der Waals surface area contributed by atoms with Gasteiger partial charge in [-0.2, -0.15) is 0 Å². The molecule has 3 aliphatic rings. The molecule has 5 aromatic carbocycles. The minimum Gasteiger partial charge on any atom is -1.00 e. The highest BCUT2D eigenvalue weighted by molar-refractivity contribution is 5.82.